The highest BCUT2D eigenvalue weighted by Gasteiger charge is 2.51. The van der Waals surface area contributed by atoms with E-state index in [2.05, 4.69) is 101 Å². The molecule has 2 heterocycles. The minimum atomic E-state index is -0.376. The van der Waals surface area contributed by atoms with E-state index >= 15 is 0 Å². The van der Waals surface area contributed by atoms with Crippen LogP contribution in [0.1, 0.15) is 51.9 Å². The Labute approximate surface area is 202 Å². The molecule has 1 aliphatic carbocycles. The zero-order chi connectivity index (χ0) is 23.9. The third-order valence-corrected chi connectivity index (χ3v) is 7.16. The normalized spacial score (nSPS) is 18.7. The molecule has 172 valence electrons. The SMILES string of the molecule is Cc1c(-c2ccccc2)nc(C2=CCCC=C2)nc1-c1ccc(B2OC(C)(C)C(C)(C)O2)cc1. The number of aromatic nitrogens is 2. The van der Waals surface area contributed by atoms with Gasteiger partial charge in [0.15, 0.2) is 5.82 Å². The van der Waals surface area contributed by atoms with Crippen molar-refractivity contribution in [2.75, 3.05) is 0 Å². The van der Waals surface area contributed by atoms with Gasteiger partial charge in [0.05, 0.1) is 22.6 Å². The molecular weight excluding hydrogens is 419 g/mol. The van der Waals surface area contributed by atoms with Crippen LogP contribution in [-0.4, -0.2) is 28.3 Å². The van der Waals surface area contributed by atoms with Crippen LogP contribution < -0.4 is 5.46 Å². The standard InChI is InChI=1S/C29H31BN2O2/c1-20-25(21-12-8-6-9-13-21)31-27(23-14-10-7-11-15-23)32-26(20)22-16-18-24(19-17-22)30-33-28(2,3)29(4,5)34-30/h6,8-10,12-19H,7,11H2,1-5H3. The maximum Gasteiger partial charge on any atom is 0.494 e. The van der Waals surface area contributed by atoms with Gasteiger partial charge >= 0.3 is 7.12 Å². The molecule has 1 aromatic heterocycles. The van der Waals surface area contributed by atoms with Crippen molar-refractivity contribution in [1.29, 1.82) is 0 Å². The Hall–Kier alpha value is -3.02. The van der Waals surface area contributed by atoms with Gasteiger partial charge in [-0.25, -0.2) is 9.97 Å². The maximum absolute atomic E-state index is 6.23. The van der Waals surface area contributed by atoms with Crippen LogP contribution in [0, 0.1) is 6.92 Å². The fraction of sp³-hybridized carbons (Fsp3) is 0.310. The topological polar surface area (TPSA) is 44.2 Å². The Balaban J connectivity index is 1.55. The highest BCUT2D eigenvalue weighted by Crippen LogP contribution is 2.37. The van der Waals surface area contributed by atoms with Gasteiger partial charge in [0.2, 0.25) is 0 Å². The molecule has 0 unspecified atom stereocenters. The maximum atomic E-state index is 6.23. The lowest BCUT2D eigenvalue weighted by molar-refractivity contribution is 0.00578. The van der Waals surface area contributed by atoms with Gasteiger partial charge in [-0.15, -0.1) is 0 Å². The molecule has 5 heteroatoms. The summed E-state index contributed by atoms with van der Waals surface area (Å²) in [7, 11) is -0.376. The van der Waals surface area contributed by atoms with E-state index in [0.717, 1.165) is 57.8 Å². The minimum absolute atomic E-state index is 0.361. The van der Waals surface area contributed by atoms with Gasteiger partial charge in [-0.05, 0) is 52.9 Å². The predicted molar refractivity (Wildman–Crippen MR) is 140 cm³/mol. The van der Waals surface area contributed by atoms with Crippen LogP contribution in [0.15, 0.2) is 72.8 Å². The zero-order valence-electron chi connectivity index (χ0n) is 20.6. The molecule has 0 amide bonds. The van der Waals surface area contributed by atoms with E-state index in [0.29, 0.717) is 0 Å². The molecule has 1 aliphatic heterocycles. The van der Waals surface area contributed by atoms with Crippen LogP contribution >= 0.6 is 0 Å². The third kappa shape index (κ3) is 4.15. The van der Waals surface area contributed by atoms with E-state index in [4.69, 9.17) is 19.3 Å². The van der Waals surface area contributed by atoms with Crippen LogP contribution in [0.5, 0.6) is 0 Å². The number of rotatable bonds is 4. The Morgan fingerprint density at radius 3 is 1.91 bits per heavy atom. The summed E-state index contributed by atoms with van der Waals surface area (Å²) in [6, 6.07) is 18.7. The summed E-state index contributed by atoms with van der Waals surface area (Å²) < 4.78 is 12.5. The minimum Gasteiger partial charge on any atom is -0.399 e. The molecule has 0 atom stereocenters. The quantitative estimate of drug-likeness (QED) is 0.447. The number of benzene rings is 2. The summed E-state index contributed by atoms with van der Waals surface area (Å²) >= 11 is 0. The summed E-state index contributed by atoms with van der Waals surface area (Å²) in [5.74, 6) is 0.769. The van der Waals surface area contributed by atoms with E-state index in [1.807, 2.05) is 6.07 Å². The van der Waals surface area contributed by atoms with Crippen LogP contribution in [0.2, 0.25) is 0 Å². The number of nitrogens with zero attached hydrogens (tertiary/aromatic N) is 2. The van der Waals surface area contributed by atoms with Crippen LogP contribution in [0.25, 0.3) is 28.1 Å². The highest BCUT2D eigenvalue weighted by molar-refractivity contribution is 6.62. The second-order valence-electron chi connectivity index (χ2n) is 10.1. The summed E-state index contributed by atoms with van der Waals surface area (Å²) in [6.45, 7) is 10.4. The van der Waals surface area contributed by atoms with E-state index < -0.39 is 0 Å². The summed E-state index contributed by atoms with van der Waals surface area (Å²) in [5.41, 5.74) is 6.51. The molecule has 3 aromatic rings. The van der Waals surface area contributed by atoms with Gasteiger partial charge in [-0.2, -0.15) is 0 Å². The summed E-state index contributed by atoms with van der Waals surface area (Å²) in [6.07, 6.45) is 8.63. The number of hydrogen-bond acceptors (Lipinski definition) is 4. The van der Waals surface area contributed by atoms with Gasteiger partial charge in [0, 0.05) is 22.3 Å². The van der Waals surface area contributed by atoms with Crippen LogP contribution in [-0.2, 0) is 9.31 Å². The lowest BCUT2D eigenvalue weighted by Gasteiger charge is -2.32. The van der Waals surface area contributed by atoms with Gasteiger partial charge in [-0.3, -0.25) is 0 Å². The molecule has 0 saturated carbocycles. The fourth-order valence-electron chi connectivity index (χ4n) is 4.36. The zero-order valence-corrected chi connectivity index (χ0v) is 20.6. The molecule has 34 heavy (non-hydrogen) atoms. The molecule has 0 spiro atoms. The second-order valence-corrected chi connectivity index (χ2v) is 10.1. The monoisotopic (exact) mass is 450 g/mol. The molecule has 2 aromatic carbocycles. The van der Waals surface area contributed by atoms with Crippen LogP contribution in [0.4, 0.5) is 0 Å². The Bertz CT molecular complexity index is 1250. The second kappa shape index (κ2) is 8.64. The lowest BCUT2D eigenvalue weighted by atomic mass is 9.78. The first-order valence-corrected chi connectivity index (χ1v) is 12.0. The summed E-state index contributed by atoms with van der Waals surface area (Å²) in [4.78, 5) is 10.0. The van der Waals surface area contributed by atoms with Gasteiger partial charge in [0.25, 0.3) is 0 Å². The van der Waals surface area contributed by atoms with E-state index in [1.165, 1.54) is 0 Å². The average Bonchev–Trinajstić information content (AvgIpc) is 3.07. The lowest BCUT2D eigenvalue weighted by Crippen LogP contribution is -2.41. The molecule has 0 N–H and O–H groups in total. The van der Waals surface area contributed by atoms with E-state index in [-0.39, 0.29) is 18.3 Å². The Morgan fingerprint density at radius 2 is 1.35 bits per heavy atom. The molecular formula is C29H31BN2O2. The first-order chi connectivity index (χ1) is 16.2. The molecule has 0 radical (unpaired) electrons. The van der Waals surface area contributed by atoms with Crippen molar-refractivity contribution >= 4 is 18.2 Å². The predicted octanol–water partition coefficient (Wildman–Crippen LogP) is 6.15. The molecule has 2 aliphatic rings. The van der Waals surface area contributed by atoms with Crippen molar-refractivity contribution < 1.29 is 9.31 Å². The largest absolute Gasteiger partial charge is 0.494 e. The van der Waals surface area contributed by atoms with Crippen molar-refractivity contribution in [3.8, 4) is 22.5 Å². The smallest absolute Gasteiger partial charge is 0.399 e. The molecule has 4 nitrogen and oxygen atoms in total. The Morgan fingerprint density at radius 1 is 0.765 bits per heavy atom. The van der Waals surface area contributed by atoms with Gasteiger partial charge < -0.3 is 9.31 Å². The van der Waals surface area contributed by atoms with Crippen molar-refractivity contribution in [2.24, 2.45) is 0 Å². The third-order valence-electron chi connectivity index (χ3n) is 7.16. The van der Waals surface area contributed by atoms with Crippen molar-refractivity contribution in [3.63, 3.8) is 0 Å². The molecule has 0 bridgehead atoms. The van der Waals surface area contributed by atoms with Crippen molar-refractivity contribution in [1.82, 2.24) is 9.97 Å². The molecule has 1 saturated heterocycles. The van der Waals surface area contributed by atoms with Crippen molar-refractivity contribution in [3.05, 3.63) is 84.2 Å². The fourth-order valence-corrected chi connectivity index (χ4v) is 4.36. The first-order valence-electron chi connectivity index (χ1n) is 12.0. The van der Waals surface area contributed by atoms with Gasteiger partial charge in [0.1, 0.15) is 0 Å². The highest BCUT2D eigenvalue weighted by atomic mass is 16.7. The first kappa shape index (κ1) is 22.8. The van der Waals surface area contributed by atoms with E-state index in [9.17, 15) is 0 Å². The molecule has 1 fully saturated rings. The van der Waals surface area contributed by atoms with E-state index in [1.54, 1.807) is 0 Å². The molecule has 5 rings (SSSR count). The van der Waals surface area contributed by atoms with Crippen LogP contribution in [0.3, 0.4) is 0 Å². The Kier molecular flexibility index (Phi) is 5.79. The van der Waals surface area contributed by atoms with Crippen molar-refractivity contribution in [2.45, 2.75) is 58.7 Å². The number of hydrogen-bond donors (Lipinski definition) is 0. The average molecular weight is 450 g/mol. The van der Waals surface area contributed by atoms with Gasteiger partial charge in [-0.1, -0.05) is 72.8 Å². The summed E-state index contributed by atoms with van der Waals surface area (Å²) in [5, 5.41) is 0. The number of allylic oxidation sites excluding steroid dienone is 4.